The summed E-state index contributed by atoms with van der Waals surface area (Å²) in [6, 6.07) is 0. The summed E-state index contributed by atoms with van der Waals surface area (Å²) in [5.74, 6) is 0. The molecule has 0 heteroatoms. The maximum atomic E-state index is 2.27. The molecule has 0 aliphatic carbocycles. The molecule has 0 aromatic carbocycles. The molecule has 0 saturated heterocycles. The maximum absolute atomic E-state index is 2.27. The van der Waals surface area contributed by atoms with Gasteiger partial charge >= 0.3 is 0 Å². The van der Waals surface area contributed by atoms with Crippen LogP contribution in [0.4, 0.5) is 0 Å². The van der Waals surface area contributed by atoms with Crippen LogP contribution in [0.3, 0.4) is 0 Å². The van der Waals surface area contributed by atoms with Crippen molar-refractivity contribution in [3.05, 3.63) is 11.1 Å². The first-order valence-corrected chi connectivity index (χ1v) is 5.31. The molecule has 0 aliphatic rings. The minimum absolute atomic E-state index is 1.31. The summed E-state index contributed by atoms with van der Waals surface area (Å²) in [4.78, 5) is 0. The van der Waals surface area contributed by atoms with Crippen molar-refractivity contribution in [2.24, 2.45) is 0 Å². The van der Waals surface area contributed by atoms with Gasteiger partial charge in [-0.05, 0) is 33.6 Å². The maximum Gasteiger partial charge on any atom is -0.0321 e. The number of rotatable bonds is 6. The second-order valence-electron chi connectivity index (χ2n) is 3.94. The van der Waals surface area contributed by atoms with Crippen LogP contribution in [0.25, 0.3) is 0 Å². The van der Waals surface area contributed by atoms with Crippen molar-refractivity contribution >= 4 is 0 Å². The summed E-state index contributed by atoms with van der Waals surface area (Å²) in [6.07, 6.45) is 8.30. The smallest absolute Gasteiger partial charge is 0.0321 e. The van der Waals surface area contributed by atoms with Crippen molar-refractivity contribution in [1.82, 2.24) is 0 Å². The fraction of sp³-hybridized carbons (Fsp3) is 0.833. The molecule has 72 valence electrons. The van der Waals surface area contributed by atoms with E-state index in [0.717, 1.165) is 0 Å². The number of unbranched alkanes of at least 4 members (excludes halogenated alkanes) is 4. The topological polar surface area (TPSA) is 0 Å². The van der Waals surface area contributed by atoms with Gasteiger partial charge in [-0.3, -0.25) is 0 Å². The van der Waals surface area contributed by atoms with Gasteiger partial charge in [-0.1, -0.05) is 43.8 Å². The predicted molar refractivity (Wildman–Crippen MR) is 57.4 cm³/mol. The lowest BCUT2D eigenvalue weighted by Crippen LogP contribution is -1.82. The van der Waals surface area contributed by atoms with Gasteiger partial charge in [0.1, 0.15) is 0 Å². The number of allylic oxidation sites excluding steroid dienone is 2. The van der Waals surface area contributed by atoms with Crippen LogP contribution in [0.15, 0.2) is 11.1 Å². The van der Waals surface area contributed by atoms with E-state index in [1.54, 1.807) is 5.57 Å². The van der Waals surface area contributed by atoms with Gasteiger partial charge in [0.25, 0.3) is 0 Å². The SMILES string of the molecule is CCCCCCCC(C)=C(C)C. The van der Waals surface area contributed by atoms with E-state index in [4.69, 9.17) is 0 Å². The van der Waals surface area contributed by atoms with E-state index >= 15 is 0 Å². The molecule has 12 heavy (non-hydrogen) atoms. The molecule has 0 aromatic rings. The van der Waals surface area contributed by atoms with E-state index in [1.807, 2.05) is 0 Å². The van der Waals surface area contributed by atoms with Crippen LogP contribution in [0, 0.1) is 0 Å². The first kappa shape index (κ1) is 11.7. The monoisotopic (exact) mass is 168 g/mol. The lowest BCUT2D eigenvalue weighted by Gasteiger charge is -2.03. The molecule has 0 rings (SSSR count). The molecule has 0 aromatic heterocycles. The number of hydrogen-bond acceptors (Lipinski definition) is 0. The van der Waals surface area contributed by atoms with E-state index < -0.39 is 0 Å². The average Bonchev–Trinajstić information content (AvgIpc) is 2.03. The minimum Gasteiger partial charge on any atom is -0.0775 e. The van der Waals surface area contributed by atoms with Crippen LogP contribution in [-0.2, 0) is 0 Å². The molecular weight excluding hydrogens is 144 g/mol. The van der Waals surface area contributed by atoms with Crippen molar-refractivity contribution in [2.75, 3.05) is 0 Å². The van der Waals surface area contributed by atoms with Crippen molar-refractivity contribution in [2.45, 2.75) is 66.2 Å². The summed E-state index contributed by atoms with van der Waals surface area (Å²) in [6.45, 7) is 8.94. The van der Waals surface area contributed by atoms with E-state index in [9.17, 15) is 0 Å². The second kappa shape index (κ2) is 7.39. The van der Waals surface area contributed by atoms with Crippen LogP contribution in [-0.4, -0.2) is 0 Å². The largest absolute Gasteiger partial charge is 0.0775 e. The Morgan fingerprint density at radius 2 is 1.42 bits per heavy atom. The molecule has 0 amide bonds. The molecule has 0 spiro atoms. The zero-order valence-corrected chi connectivity index (χ0v) is 9.24. The molecule has 0 saturated carbocycles. The molecule has 0 fully saturated rings. The van der Waals surface area contributed by atoms with E-state index in [2.05, 4.69) is 27.7 Å². The Morgan fingerprint density at radius 3 is 1.92 bits per heavy atom. The zero-order chi connectivity index (χ0) is 9.40. The minimum atomic E-state index is 1.31. The highest BCUT2D eigenvalue weighted by molar-refractivity contribution is 5.06. The summed E-state index contributed by atoms with van der Waals surface area (Å²) >= 11 is 0. The van der Waals surface area contributed by atoms with Crippen molar-refractivity contribution in [3.8, 4) is 0 Å². The Morgan fingerprint density at radius 1 is 0.833 bits per heavy atom. The lowest BCUT2D eigenvalue weighted by atomic mass is 10.0. The molecule has 0 radical (unpaired) electrons. The zero-order valence-electron chi connectivity index (χ0n) is 9.24. The van der Waals surface area contributed by atoms with Gasteiger partial charge in [0.05, 0.1) is 0 Å². The Labute approximate surface area is 78.1 Å². The summed E-state index contributed by atoms with van der Waals surface area (Å²) in [5, 5.41) is 0. The summed E-state index contributed by atoms with van der Waals surface area (Å²) < 4.78 is 0. The van der Waals surface area contributed by atoms with Crippen LogP contribution in [0.1, 0.15) is 66.2 Å². The van der Waals surface area contributed by atoms with Gasteiger partial charge in [-0.2, -0.15) is 0 Å². The Kier molecular flexibility index (Phi) is 7.23. The van der Waals surface area contributed by atoms with Crippen molar-refractivity contribution in [1.29, 1.82) is 0 Å². The van der Waals surface area contributed by atoms with E-state index in [1.165, 1.54) is 44.1 Å². The van der Waals surface area contributed by atoms with Crippen molar-refractivity contribution < 1.29 is 0 Å². The number of hydrogen-bond donors (Lipinski definition) is 0. The highest BCUT2D eigenvalue weighted by atomic mass is 14.0. The van der Waals surface area contributed by atoms with E-state index in [-0.39, 0.29) is 0 Å². The Balaban J connectivity index is 3.26. The third-order valence-corrected chi connectivity index (χ3v) is 2.51. The molecule has 0 atom stereocenters. The van der Waals surface area contributed by atoms with Gasteiger partial charge in [-0.25, -0.2) is 0 Å². The molecule has 0 bridgehead atoms. The fourth-order valence-corrected chi connectivity index (χ4v) is 1.24. The summed E-state index contributed by atoms with van der Waals surface area (Å²) in [5.41, 5.74) is 3.09. The van der Waals surface area contributed by atoms with Crippen LogP contribution < -0.4 is 0 Å². The van der Waals surface area contributed by atoms with Gasteiger partial charge in [-0.15, -0.1) is 0 Å². The predicted octanol–water partition coefficient (Wildman–Crippen LogP) is 4.70. The average molecular weight is 168 g/mol. The summed E-state index contributed by atoms with van der Waals surface area (Å²) in [7, 11) is 0. The van der Waals surface area contributed by atoms with E-state index in [0.29, 0.717) is 0 Å². The van der Waals surface area contributed by atoms with Crippen LogP contribution in [0.2, 0.25) is 0 Å². The third-order valence-electron chi connectivity index (χ3n) is 2.51. The lowest BCUT2D eigenvalue weighted by molar-refractivity contribution is 0.629. The Hall–Kier alpha value is -0.260. The molecule has 0 heterocycles. The normalized spacial score (nSPS) is 10.0. The standard InChI is InChI=1S/C12H24/c1-5-6-7-8-9-10-12(4)11(2)3/h5-10H2,1-4H3. The molecule has 0 aliphatic heterocycles. The first-order chi connectivity index (χ1) is 5.68. The van der Waals surface area contributed by atoms with Gasteiger partial charge < -0.3 is 0 Å². The van der Waals surface area contributed by atoms with Crippen LogP contribution in [0.5, 0.6) is 0 Å². The molecule has 0 nitrogen and oxygen atoms in total. The molecule has 0 unspecified atom stereocenters. The fourth-order valence-electron chi connectivity index (χ4n) is 1.24. The van der Waals surface area contributed by atoms with Crippen molar-refractivity contribution in [3.63, 3.8) is 0 Å². The van der Waals surface area contributed by atoms with Gasteiger partial charge in [0.2, 0.25) is 0 Å². The Bertz CT molecular complexity index is 127. The van der Waals surface area contributed by atoms with Gasteiger partial charge in [0, 0.05) is 0 Å². The first-order valence-electron chi connectivity index (χ1n) is 5.31. The van der Waals surface area contributed by atoms with Crippen LogP contribution >= 0.6 is 0 Å². The highest BCUT2D eigenvalue weighted by Gasteiger charge is 1.93. The molecular formula is C12H24. The molecule has 0 N–H and O–H groups in total. The van der Waals surface area contributed by atoms with Gasteiger partial charge in [0.15, 0.2) is 0 Å². The third kappa shape index (κ3) is 6.45. The second-order valence-corrected chi connectivity index (χ2v) is 3.94. The quantitative estimate of drug-likeness (QED) is 0.398. The highest BCUT2D eigenvalue weighted by Crippen LogP contribution is 2.13.